The number of hydrogen-bond donors (Lipinski definition) is 1. The molecule has 6 nitrogen and oxygen atoms in total. The molecule has 2 aromatic rings. The third-order valence-corrected chi connectivity index (χ3v) is 4.36. The van der Waals surface area contributed by atoms with E-state index < -0.39 is 0 Å². The number of benzene rings is 1. The molecule has 1 saturated heterocycles. The molecule has 1 aromatic heterocycles. The second-order valence-electron chi connectivity index (χ2n) is 5.67. The molecular weight excluding hydrogens is 362 g/mol. The Kier molecular flexibility index (Phi) is 4.68. The maximum absolute atomic E-state index is 12.4. The molecule has 0 radical (unpaired) electrons. The number of rotatable bonds is 4. The van der Waals surface area contributed by atoms with Crippen LogP contribution >= 0.6 is 15.9 Å². The molecule has 1 aromatic carbocycles. The summed E-state index contributed by atoms with van der Waals surface area (Å²) in [7, 11) is 0. The highest BCUT2D eigenvalue weighted by Crippen LogP contribution is 2.28. The summed E-state index contributed by atoms with van der Waals surface area (Å²) >= 11 is 3.45. The number of aryl methyl sites for hydroxylation is 1. The molecule has 122 valence electrons. The van der Waals surface area contributed by atoms with Gasteiger partial charge < -0.3 is 19.9 Å². The first kappa shape index (κ1) is 16.0. The third kappa shape index (κ3) is 3.73. The van der Waals surface area contributed by atoms with Crippen LogP contribution in [0.3, 0.4) is 0 Å². The van der Waals surface area contributed by atoms with Gasteiger partial charge in [0.1, 0.15) is 12.4 Å². The minimum absolute atomic E-state index is 0.00365. The largest absolute Gasteiger partial charge is 0.484 e. The molecule has 0 unspecified atom stereocenters. The first-order valence-corrected chi connectivity index (χ1v) is 8.21. The molecule has 0 saturated carbocycles. The molecule has 1 aliphatic rings. The van der Waals surface area contributed by atoms with Crippen molar-refractivity contribution in [1.82, 2.24) is 10.1 Å². The van der Waals surface area contributed by atoms with Crippen LogP contribution in [-0.2, 0) is 6.61 Å². The van der Waals surface area contributed by atoms with Gasteiger partial charge in [-0.15, -0.1) is 0 Å². The minimum atomic E-state index is -0.00365. The van der Waals surface area contributed by atoms with Gasteiger partial charge in [-0.3, -0.25) is 4.79 Å². The summed E-state index contributed by atoms with van der Waals surface area (Å²) in [6.45, 7) is 3.46. The van der Waals surface area contributed by atoms with Gasteiger partial charge in [0.05, 0.1) is 10.2 Å². The van der Waals surface area contributed by atoms with Gasteiger partial charge in [0.25, 0.3) is 5.91 Å². The van der Waals surface area contributed by atoms with Crippen LogP contribution < -0.4 is 10.5 Å². The van der Waals surface area contributed by atoms with Crippen molar-refractivity contribution in [2.45, 2.75) is 26.0 Å². The fourth-order valence-corrected chi connectivity index (χ4v) is 3.03. The zero-order valence-corrected chi connectivity index (χ0v) is 14.4. The molecule has 23 heavy (non-hydrogen) atoms. The van der Waals surface area contributed by atoms with Crippen molar-refractivity contribution in [3.05, 3.63) is 45.8 Å². The topological polar surface area (TPSA) is 81.6 Å². The Morgan fingerprint density at radius 2 is 2.35 bits per heavy atom. The molecule has 1 aliphatic heterocycles. The van der Waals surface area contributed by atoms with Crippen LogP contribution in [0.4, 0.5) is 0 Å². The summed E-state index contributed by atoms with van der Waals surface area (Å²) in [5, 5.41) is 3.81. The van der Waals surface area contributed by atoms with Crippen LogP contribution in [0.15, 0.2) is 33.3 Å². The average Bonchev–Trinajstić information content (AvgIpc) is 3.14. The maximum Gasteiger partial charge on any atom is 0.253 e. The van der Waals surface area contributed by atoms with Crippen LogP contribution in [0, 0.1) is 6.92 Å². The molecule has 0 aliphatic carbocycles. The van der Waals surface area contributed by atoms with Crippen LogP contribution in [0.2, 0.25) is 0 Å². The van der Waals surface area contributed by atoms with Crippen molar-refractivity contribution in [3.63, 3.8) is 0 Å². The fraction of sp³-hybridized carbons (Fsp3) is 0.375. The number of carbonyl (C=O) groups excluding carboxylic acids is 1. The summed E-state index contributed by atoms with van der Waals surface area (Å²) in [6, 6.07) is 7.21. The molecule has 0 spiro atoms. The van der Waals surface area contributed by atoms with Crippen molar-refractivity contribution in [3.8, 4) is 5.75 Å². The third-order valence-electron chi connectivity index (χ3n) is 3.74. The number of hydrogen-bond acceptors (Lipinski definition) is 5. The van der Waals surface area contributed by atoms with Crippen molar-refractivity contribution in [1.29, 1.82) is 0 Å². The predicted molar refractivity (Wildman–Crippen MR) is 88.2 cm³/mol. The van der Waals surface area contributed by atoms with Gasteiger partial charge in [0.15, 0.2) is 5.76 Å². The average molecular weight is 380 g/mol. The molecular formula is C16H18BrN3O3. The number of halogens is 1. The van der Waals surface area contributed by atoms with E-state index in [-0.39, 0.29) is 18.6 Å². The standard InChI is InChI=1S/C16H18BrN3O3/c1-10-6-13(23-19-10)9-22-15-3-2-11(7-14(15)17)16(21)20-5-4-12(18)8-20/h2-3,6-7,12H,4-5,8-9,18H2,1H3/t12-/m0/s1. The Labute approximate surface area is 142 Å². The number of carbonyl (C=O) groups is 1. The van der Waals surface area contributed by atoms with E-state index in [4.69, 9.17) is 15.0 Å². The van der Waals surface area contributed by atoms with E-state index in [0.29, 0.717) is 30.2 Å². The van der Waals surface area contributed by atoms with E-state index in [1.807, 2.05) is 13.0 Å². The molecule has 1 fully saturated rings. The van der Waals surface area contributed by atoms with E-state index in [1.54, 1.807) is 23.1 Å². The zero-order chi connectivity index (χ0) is 16.4. The number of nitrogens with two attached hydrogens (primary N) is 1. The lowest BCUT2D eigenvalue weighted by molar-refractivity contribution is 0.0790. The lowest BCUT2D eigenvalue weighted by Crippen LogP contribution is -2.31. The number of ether oxygens (including phenoxy) is 1. The van der Waals surface area contributed by atoms with Crippen molar-refractivity contribution < 1.29 is 14.1 Å². The minimum Gasteiger partial charge on any atom is -0.484 e. The van der Waals surface area contributed by atoms with Gasteiger partial charge in [-0.05, 0) is 47.5 Å². The summed E-state index contributed by atoms with van der Waals surface area (Å²) in [6.07, 6.45) is 0.852. The number of amides is 1. The normalized spacial score (nSPS) is 17.5. The van der Waals surface area contributed by atoms with Crippen LogP contribution in [-0.4, -0.2) is 35.1 Å². The Hall–Kier alpha value is -1.86. The first-order valence-electron chi connectivity index (χ1n) is 7.42. The maximum atomic E-state index is 12.4. The van der Waals surface area contributed by atoms with Gasteiger partial charge in [0, 0.05) is 30.8 Å². The Bertz CT molecular complexity index is 716. The van der Waals surface area contributed by atoms with Gasteiger partial charge in [-0.2, -0.15) is 0 Å². The van der Waals surface area contributed by atoms with Crippen LogP contribution in [0.25, 0.3) is 0 Å². The molecule has 0 bridgehead atoms. The number of aromatic nitrogens is 1. The van der Waals surface area contributed by atoms with Crippen LogP contribution in [0.5, 0.6) is 5.75 Å². The molecule has 2 heterocycles. The van der Waals surface area contributed by atoms with Gasteiger partial charge >= 0.3 is 0 Å². The van der Waals surface area contributed by atoms with Crippen LogP contribution in [0.1, 0.15) is 28.2 Å². The summed E-state index contributed by atoms with van der Waals surface area (Å²) < 4.78 is 11.5. The highest BCUT2D eigenvalue weighted by Gasteiger charge is 2.24. The van der Waals surface area contributed by atoms with E-state index in [0.717, 1.165) is 16.6 Å². The Morgan fingerprint density at radius 3 is 2.96 bits per heavy atom. The Morgan fingerprint density at radius 1 is 1.52 bits per heavy atom. The van der Waals surface area contributed by atoms with E-state index in [9.17, 15) is 4.79 Å². The van der Waals surface area contributed by atoms with E-state index in [1.165, 1.54) is 0 Å². The van der Waals surface area contributed by atoms with E-state index >= 15 is 0 Å². The summed E-state index contributed by atoms with van der Waals surface area (Å²) in [5.74, 6) is 1.30. The van der Waals surface area contributed by atoms with E-state index in [2.05, 4.69) is 21.1 Å². The van der Waals surface area contributed by atoms with Crippen molar-refractivity contribution in [2.75, 3.05) is 13.1 Å². The highest BCUT2D eigenvalue weighted by atomic mass is 79.9. The number of nitrogens with zero attached hydrogens (tertiary/aromatic N) is 2. The molecule has 3 rings (SSSR count). The Balaban J connectivity index is 1.66. The first-order chi connectivity index (χ1) is 11.0. The molecule has 2 N–H and O–H groups in total. The molecule has 7 heteroatoms. The SMILES string of the molecule is Cc1cc(COc2ccc(C(=O)N3CC[C@H](N)C3)cc2Br)on1. The summed E-state index contributed by atoms with van der Waals surface area (Å²) in [4.78, 5) is 14.2. The second-order valence-corrected chi connectivity index (χ2v) is 6.52. The van der Waals surface area contributed by atoms with Gasteiger partial charge in [0.2, 0.25) is 0 Å². The zero-order valence-electron chi connectivity index (χ0n) is 12.8. The summed E-state index contributed by atoms with van der Waals surface area (Å²) in [5.41, 5.74) is 7.29. The van der Waals surface area contributed by atoms with Gasteiger partial charge in [-0.25, -0.2) is 0 Å². The quantitative estimate of drug-likeness (QED) is 0.882. The monoisotopic (exact) mass is 379 g/mol. The fourth-order valence-electron chi connectivity index (χ4n) is 2.54. The lowest BCUT2D eigenvalue weighted by atomic mass is 10.2. The van der Waals surface area contributed by atoms with Crippen molar-refractivity contribution >= 4 is 21.8 Å². The smallest absolute Gasteiger partial charge is 0.253 e. The second kappa shape index (κ2) is 6.72. The molecule has 1 amide bonds. The van der Waals surface area contributed by atoms with Crippen molar-refractivity contribution in [2.24, 2.45) is 5.73 Å². The van der Waals surface area contributed by atoms with Gasteiger partial charge in [-0.1, -0.05) is 5.16 Å². The molecule has 1 atom stereocenters. The lowest BCUT2D eigenvalue weighted by Gasteiger charge is -2.16. The highest BCUT2D eigenvalue weighted by molar-refractivity contribution is 9.10. The number of likely N-dealkylation sites (tertiary alicyclic amines) is 1. The predicted octanol–water partition coefficient (Wildman–Crippen LogP) is 2.50.